The molecule has 2 unspecified atom stereocenters. The van der Waals surface area contributed by atoms with Crippen LogP contribution < -0.4 is 11.1 Å². The number of hydrogen-bond donors (Lipinski definition) is 4. The van der Waals surface area contributed by atoms with E-state index in [0.29, 0.717) is 17.0 Å². The lowest BCUT2D eigenvalue weighted by atomic mass is 9.91. The summed E-state index contributed by atoms with van der Waals surface area (Å²) in [4.78, 5) is 37.1. The molecule has 1 saturated heterocycles. The predicted molar refractivity (Wildman–Crippen MR) is 99.2 cm³/mol. The van der Waals surface area contributed by atoms with Gasteiger partial charge < -0.3 is 21.3 Å². The maximum Gasteiger partial charge on any atom is 0.352 e. The number of hydrogen-bond acceptors (Lipinski definition) is 6. The van der Waals surface area contributed by atoms with Gasteiger partial charge in [0.2, 0.25) is 11.8 Å². The number of carbonyl (C=O) groups excluding carboxylic acids is 2. The van der Waals surface area contributed by atoms with Gasteiger partial charge in [0.25, 0.3) is 0 Å². The SMILES string of the molecule is C=C(CC1C(=O)N2C(C(=O)O)=CCS[C@@H]12)NC(=O)C(N)c1ccc(O)cc1. The number of nitrogens with two attached hydrogens (primary N) is 1. The number of nitrogens with zero attached hydrogens (tertiary/aromatic N) is 1. The molecule has 0 radical (unpaired) electrons. The van der Waals surface area contributed by atoms with E-state index in [1.807, 2.05) is 0 Å². The second-order valence-electron chi connectivity index (χ2n) is 6.30. The highest BCUT2D eigenvalue weighted by Gasteiger charge is 2.51. The van der Waals surface area contributed by atoms with Gasteiger partial charge in [-0.3, -0.25) is 14.5 Å². The minimum Gasteiger partial charge on any atom is -0.508 e. The summed E-state index contributed by atoms with van der Waals surface area (Å²) in [6.07, 6.45) is 1.73. The van der Waals surface area contributed by atoms with E-state index < -0.39 is 23.8 Å². The molecule has 0 saturated carbocycles. The van der Waals surface area contributed by atoms with Gasteiger partial charge in [0, 0.05) is 17.9 Å². The molecule has 2 amide bonds. The van der Waals surface area contributed by atoms with Crippen molar-refractivity contribution in [3.63, 3.8) is 0 Å². The Kier molecular flexibility index (Phi) is 5.24. The second kappa shape index (κ2) is 7.45. The highest BCUT2D eigenvalue weighted by atomic mass is 32.2. The summed E-state index contributed by atoms with van der Waals surface area (Å²) >= 11 is 1.47. The van der Waals surface area contributed by atoms with Gasteiger partial charge >= 0.3 is 5.97 Å². The molecule has 2 heterocycles. The monoisotopic (exact) mass is 389 g/mol. The Balaban J connectivity index is 1.58. The van der Waals surface area contributed by atoms with E-state index in [2.05, 4.69) is 11.9 Å². The minimum atomic E-state index is -1.13. The molecule has 0 bridgehead atoms. The highest BCUT2D eigenvalue weighted by Crippen LogP contribution is 2.43. The maximum absolute atomic E-state index is 12.3. The first-order valence-electron chi connectivity index (χ1n) is 8.21. The van der Waals surface area contributed by atoms with Gasteiger partial charge in [0.05, 0.1) is 11.3 Å². The van der Waals surface area contributed by atoms with Crippen LogP contribution in [0.3, 0.4) is 0 Å². The number of allylic oxidation sites excluding steroid dienone is 1. The molecule has 3 rings (SSSR count). The molecule has 2 aliphatic heterocycles. The number of β-lactam (4-membered cyclic amide) rings is 1. The average molecular weight is 389 g/mol. The number of rotatable bonds is 6. The Morgan fingerprint density at radius 2 is 2.04 bits per heavy atom. The fourth-order valence-electron chi connectivity index (χ4n) is 3.07. The third-order valence-electron chi connectivity index (χ3n) is 4.48. The summed E-state index contributed by atoms with van der Waals surface area (Å²) in [6, 6.07) is 5.03. The van der Waals surface area contributed by atoms with Crippen molar-refractivity contribution in [3.05, 3.63) is 53.9 Å². The van der Waals surface area contributed by atoms with Gasteiger partial charge in [-0.15, -0.1) is 11.8 Å². The van der Waals surface area contributed by atoms with Crippen LogP contribution in [0.4, 0.5) is 0 Å². The van der Waals surface area contributed by atoms with Crippen LogP contribution in [-0.2, 0) is 14.4 Å². The first-order chi connectivity index (χ1) is 12.8. The molecule has 8 nitrogen and oxygen atoms in total. The number of phenolic OH excluding ortho intramolecular Hbond substituents is 1. The first-order valence-corrected chi connectivity index (χ1v) is 9.25. The summed E-state index contributed by atoms with van der Waals surface area (Å²) in [5.41, 5.74) is 6.79. The lowest BCUT2D eigenvalue weighted by Crippen LogP contribution is -2.61. The number of phenols is 1. The zero-order chi connectivity index (χ0) is 19.7. The van der Waals surface area contributed by atoms with E-state index in [0.717, 1.165) is 0 Å². The largest absolute Gasteiger partial charge is 0.508 e. The van der Waals surface area contributed by atoms with Gasteiger partial charge in [-0.25, -0.2) is 4.79 Å². The number of aromatic hydroxyl groups is 1. The summed E-state index contributed by atoms with van der Waals surface area (Å²) in [6.45, 7) is 3.79. The van der Waals surface area contributed by atoms with Crippen LogP contribution in [0.15, 0.2) is 48.3 Å². The molecule has 1 aromatic rings. The van der Waals surface area contributed by atoms with Crippen LogP contribution in [0.2, 0.25) is 0 Å². The number of benzene rings is 1. The van der Waals surface area contributed by atoms with E-state index in [1.54, 1.807) is 12.1 Å². The van der Waals surface area contributed by atoms with Crippen molar-refractivity contribution in [1.82, 2.24) is 10.2 Å². The number of nitrogens with one attached hydrogen (secondary N) is 1. The summed E-state index contributed by atoms with van der Waals surface area (Å²) in [5.74, 6) is -1.74. The average Bonchev–Trinajstić information content (AvgIpc) is 2.65. The zero-order valence-corrected chi connectivity index (χ0v) is 15.1. The van der Waals surface area contributed by atoms with Crippen LogP contribution >= 0.6 is 11.8 Å². The van der Waals surface area contributed by atoms with Crippen molar-refractivity contribution in [2.45, 2.75) is 17.8 Å². The maximum atomic E-state index is 12.3. The lowest BCUT2D eigenvalue weighted by Gasteiger charge is -2.48. The number of carbonyl (C=O) groups is 3. The van der Waals surface area contributed by atoms with E-state index in [4.69, 9.17) is 5.73 Å². The van der Waals surface area contributed by atoms with Crippen molar-refractivity contribution in [3.8, 4) is 5.75 Å². The van der Waals surface area contributed by atoms with Gasteiger partial charge in [0.15, 0.2) is 0 Å². The van der Waals surface area contributed by atoms with Crippen LogP contribution in [0, 0.1) is 5.92 Å². The Labute approximate surface area is 159 Å². The third kappa shape index (κ3) is 3.69. The van der Waals surface area contributed by atoms with Gasteiger partial charge in [-0.05, 0) is 23.8 Å². The Hall–Kier alpha value is -2.78. The van der Waals surface area contributed by atoms with Crippen molar-refractivity contribution >= 4 is 29.5 Å². The molecule has 0 aliphatic carbocycles. The van der Waals surface area contributed by atoms with Gasteiger partial charge in [-0.2, -0.15) is 0 Å². The molecule has 0 aromatic heterocycles. The van der Waals surface area contributed by atoms with E-state index in [-0.39, 0.29) is 29.1 Å². The van der Waals surface area contributed by atoms with Crippen LogP contribution in [-0.4, -0.2) is 44.0 Å². The fourth-order valence-corrected chi connectivity index (χ4v) is 4.34. The van der Waals surface area contributed by atoms with Crippen LogP contribution in [0.5, 0.6) is 5.75 Å². The highest BCUT2D eigenvalue weighted by molar-refractivity contribution is 8.00. The molecule has 142 valence electrons. The fraction of sp³-hybridized carbons (Fsp3) is 0.278. The quantitative estimate of drug-likeness (QED) is 0.532. The molecular weight excluding hydrogens is 370 g/mol. The van der Waals surface area contributed by atoms with E-state index >= 15 is 0 Å². The third-order valence-corrected chi connectivity index (χ3v) is 5.72. The van der Waals surface area contributed by atoms with E-state index in [1.165, 1.54) is 34.9 Å². The molecule has 5 N–H and O–H groups in total. The zero-order valence-electron chi connectivity index (χ0n) is 14.3. The second-order valence-corrected chi connectivity index (χ2v) is 7.45. The first kappa shape index (κ1) is 19.0. The molecular formula is C18H19N3O5S. The smallest absolute Gasteiger partial charge is 0.352 e. The lowest BCUT2D eigenvalue weighted by molar-refractivity contribution is -0.152. The number of thioether (sulfide) groups is 1. The van der Waals surface area contributed by atoms with Crippen molar-refractivity contribution in [2.24, 2.45) is 11.7 Å². The van der Waals surface area contributed by atoms with Crippen LogP contribution in [0.1, 0.15) is 18.0 Å². The summed E-state index contributed by atoms with van der Waals surface area (Å²) in [7, 11) is 0. The normalized spacial score (nSPS) is 22.2. The summed E-state index contributed by atoms with van der Waals surface area (Å²) < 4.78 is 0. The van der Waals surface area contributed by atoms with Gasteiger partial charge in [0.1, 0.15) is 17.5 Å². The van der Waals surface area contributed by atoms with Crippen molar-refractivity contribution in [1.29, 1.82) is 0 Å². The summed E-state index contributed by atoms with van der Waals surface area (Å²) in [5, 5.41) is 20.8. The number of fused-ring (bicyclic) bond motifs is 1. The minimum absolute atomic E-state index is 0.00370. The number of aliphatic carboxylic acids is 1. The topological polar surface area (TPSA) is 133 Å². The van der Waals surface area contributed by atoms with Crippen molar-refractivity contribution in [2.75, 3.05) is 5.75 Å². The number of carboxylic acid groups (broad SMARTS) is 1. The predicted octanol–water partition coefficient (Wildman–Crippen LogP) is 0.912. The molecule has 1 aromatic carbocycles. The Morgan fingerprint density at radius 1 is 1.37 bits per heavy atom. The number of carboxylic acids is 1. The Morgan fingerprint density at radius 3 is 2.67 bits per heavy atom. The van der Waals surface area contributed by atoms with Crippen LogP contribution in [0.25, 0.3) is 0 Å². The number of amides is 2. The van der Waals surface area contributed by atoms with E-state index in [9.17, 15) is 24.6 Å². The van der Waals surface area contributed by atoms with Crippen molar-refractivity contribution < 1.29 is 24.6 Å². The molecule has 3 atom stereocenters. The molecule has 27 heavy (non-hydrogen) atoms. The molecule has 1 fully saturated rings. The molecule has 0 spiro atoms. The molecule has 2 aliphatic rings. The molecule has 9 heteroatoms. The van der Waals surface area contributed by atoms with Gasteiger partial charge in [-0.1, -0.05) is 18.7 Å². The Bertz CT molecular complexity index is 836. The standard InChI is InChI=1S/C18H19N3O5S/c1-9(20-15(23)14(19)10-2-4-11(22)5-3-10)8-12-16(24)21-13(18(25)26)6-7-27-17(12)21/h2-6,12,14,17,22H,1,7-8,19H2,(H,20,23)(H,25,26)/t12?,14?,17-/m0/s1.